The number of hydrogen-bond donors (Lipinski definition) is 0. The summed E-state index contributed by atoms with van der Waals surface area (Å²) in [5.41, 5.74) is -0.0339. The molecule has 0 aliphatic heterocycles. The highest BCUT2D eigenvalue weighted by atomic mass is 32.2. The summed E-state index contributed by atoms with van der Waals surface area (Å²) in [6.45, 7) is 0. The molecule has 8 heteroatoms. The van der Waals surface area contributed by atoms with Crippen LogP contribution in [0.25, 0.3) is 10.9 Å². The zero-order valence-corrected chi connectivity index (χ0v) is 12.9. The Balaban J connectivity index is 2.30. The van der Waals surface area contributed by atoms with E-state index in [0.29, 0.717) is 0 Å². The van der Waals surface area contributed by atoms with Crippen LogP contribution >= 0.6 is 0 Å². The minimum atomic E-state index is -3.83. The van der Waals surface area contributed by atoms with E-state index in [4.69, 9.17) is 4.74 Å². The third-order valence-electron chi connectivity index (χ3n) is 3.47. The van der Waals surface area contributed by atoms with Crippen LogP contribution in [0.2, 0.25) is 0 Å². The van der Waals surface area contributed by atoms with Gasteiger partial charge >= 0.3 is 5.69 Å². The second-order valence-corrected chi connectivity index (χ2v) is 6.55. The first-order valence-electron chi connectivity index (χ1n) is 6.60. The summed E-state index contributed by atoms with van der Waals surface area (Å²) in [5, 5.41) is 11.5. The molecule has 0 saturated heterocycles. The molecule has 0 bridgehead atoms. The number of aromatic nitrogens is 1. The van der Waals surface area contributed by atoms with Crippen molar-refractivity contribution < 1.29 is 18.1 Å². The zero-order chi connectivity index (χ0) is 16.6. The standard InChI is InChI=1S/C15H12N2O5S/c1-22-14-8-7-13-12(15(14)17(18)19)9-10-16(13)23(20,21)11-5-3-2-4-6-11/h2-10H,1H3. The number of methoxy groups -OCH3 is 1. The van der Waals surface area contributed by atoms with Crippen molar-refractivity contribution in [2.75, 3.05) is 7.11 Å². The predicted molar refractivity (Wildman–Crippen MR) is 84.2 cm³/mol. The normalized spacial score (nSPS) is 11.5. The Hall–Kier alpha value is -2.87. The van der Waals surface area contributed by atoms with Crippen molar-refractivity contribution in [3.63, 3.8) is 0 Å². The van der Waals surface area contributed by atoms with Gasteiger partial charge in [-0.05, 0) is 30.3 Å². The van der Waals surface area contributed by atoms with Crippen molar-refractivity contribution in [2.45, 2.75) is 4.90 Å². The molecule has 0 radical (unpaired) electrons. The van der Waals surface area contributed by atoms with Gasteiger partial charge in [0.1, 0.15) is 0 Å². The van der Waals surface area contributed by atoms with E-state index in [9.17, 15) is 18.5 Å². The zero-order valence-electron chi connectivity index (χ0n) is 12.0. The smallest absolute Gasteiger partial charge is 0.320 e. The second kappa shape index (κ2) is 5.40. The molecule has 0 spiro atoms. The van der Waals surface area contributed by atoms with Gasteiger partial charge in [-0.2, -0.15) is 0 Å². The fourth-order valence-electron chi connectivity index (χ4n) is 2.43. The van der Waals surface area contributed by atoms with Crippen LogP contribution in [0.5, 0.6) is 5.75 Å². The maximum absolute atomic E-state index is 12.7. The van der Waals surface area contributed by atoms with Gasteiger partial charge in [0.05, 0.1) is 27.8 Å². The lowest BCUT2D eigenvalue weighted by atomic mass is 10.2. The molecule has 1 heterocycles. The summed E-state index contributed by atoms with van der Waals surface area (Å²) in [6.07, 6.45) is 1.30. The van der Waals surface area contributed by atoms with Crippen LogP contribution in [0.3, 0.4) is 0 Å². The summed E-state index contributed by atoms with van der Waals surface area (Å²) in [5.74, 6) is 0.0809. The Morgan fingerprint density at radius 2 is 1.78 bits per heavy atom. The average Bonchev–Trinajstić information content (AvgIpc) is 2.99. The van der Waals surface area contributed by atoms with E-state index in [1.54, 1.807) is 18.2 Å². The van der Waals surface area contributed by atoms with Crippen molar-refractivity contribution in [3.8, 4) is 5.75 Å². The molecule has 0 N–H and O–H groups in total. The molecule has 0 saturated carbocycles. The molecule has 0 atom stereocenters. The summed E-state index contributed by atoms with van der Waals surface area (Å²) < 4.78 is 31.4. The van der Waals surface area contributed by atoms with Gasteiger partial charge in [-0.3, -0.25) is 10.1 Å². The Bertz CT molecular complexity index is 993. The van der Waals surface area contributed by atoms with Gasteiger partial charge in [0.2, 0.25) is 0 Å². The molecule has 118 valence electrons. The summed E-state index contributed by atoms with van der Waals surface area (Å²) in [4.78, 5) is 10.8. The molecule has 2 aromatic carbocycles. The lowest BCUT2D eigenvalue weighted by Crippen LogP contribution is -2.11. The fourth-order valence-corrected chi connectivity index (χ4v) is 3.79. The maximum atomic E-state index is 12.7. The molecule has 7 nitrogen and oxygen atoms in total. The number of fused-ring (bicyclic) bond motifs is 1. The second-order valence-electron chi connectivity index (χ2n) is 4.74. The summed E-state index contributed by atoms with van der Waals surface area (Å²) >= 11 is 0. The van der Waals surface area contributed by atoms with Crippen LogP contribution in [0.1, 0.15) is 0 Å². The Kier molecular flexibility index (Phi) is 3.53. The van der Waals surface area contributed by atoms with E-state index in [0.717, 1.165) is 3.97 Å². The topological polar surface area (TPSA) is 91.4 Å². The molecule has 3 rings (SSSR count). The lowest BCUT2D eigenvalue weighted by Gasteiger charge is -2.08. The van der Waals surface area contributed by atoms with E-state index in [2.05, 4.69) is 0 Å². The lowest BCUT2D eigenvalue weighted by molar-refractivity contribution is -0.383. The molecule has 1 aromatic heterocycles. The number of ether oxygens (including phenoxy) is 1. The third kappa shape index (κ3) is 2.33. The molecule has 0 aliphatic rings. The highest BCUT2D eigenvalue weighted by Crippen LogP contribution is 2.36. The third-order valence-corrected chi connectivity index (χ3v) is 5.18. The summed E-state index contributed by atoms with van der Waals surface area (Å²) in [7, 11) is -2.51. The molecule has 0 fully saturated rings. The van der Waals surface area contributed by atoms with Gasteiger partial charge in [0, 0.05) is 6.20 Å². The number of rotatable bonds is 4. The number of nitro groups is 1. The van der Waals surface area contributed by atoms with Crippen molar-refractivity contribution >= 4 is 26.6 Å². The Morgan fingerprint density at radius 3 is 2.39 bits per heavy atom. The van der Waals surface area contributed by atoms with E-state index in [1.165, 1.54) is 43.6 Å². The largest absolute Gasteiger partial charge is 0.490 e. The van der Waals surface area contributed by atoms with Crippen LogP contribution < -0.4 is 4.74 Å². The van der Waals surface area contributed by atoms with Crippen molar-refractivity contribution in [3.05, 3.63) is 64.8 Å². The van der Waals surface area contributed by atoms with Gasteiger partial charge in [-0.25, -0.2) is 12.4 Å². The molecule has 0 aliphatic carbocycles. The highest BCUT2D eigenvalue weighted by Gasteiger charge is 2.25. The van der Waals surface area contributed by atoms with E-state index >= 15 is 0 Å². The van der Waals surface area contributed by atoms with Crippen LogP contribution in [0, 0.1) is 10.1 Å². The quantitative estimate of drug-likeness (QED) is 0.541. The Morgan fingerprint density at radius 1 is 1.09 bits per heavy atom. The number of nitrogens with zero attached hydrogens (tertiary/aromatic N) is 2. The van der Waals surface area contributed by atoms with Gasteiger partial charge in [-0.15, -0.1) is 0 Å². The van der Waals surface area contributed by atoms with Gasteiger partial charge in [-0.1, -0.05) is 18.2 Å². The minimum Gasteiger partial charge on any atom is -0.490 e. The van der Waals surface area contributed by atoms with E-state index in [-0.39, 0.29) is 27.2 Å². The molecule has 3 aromatic rings. The molecule has 0 unspecified atom stereocenters. The predicted octanol–water partition coefficient (Wildman–Crippen LogP) is 2.80. The molecule has 23 heavy (non-hydrogen) atoms. The maximum Gasteiger partial charge on any atom is 0.320 e. The highest BCUT2D eigenvalue weighted by molar-refractivity contribution is 7.90. The van der Waals surface area contributed by atoms with Crippen LogP contribution in [0.15, 0.2) is 59.6 Å². The molecular weight excluding hydrogens is 320 g/mol. The molecule has 0 amide bonds. The number of hydrogen-bond acceptors (Lipinski definition) is 5. The van der Waals surface area contributed by atoms with E-state index < -0.39 is 14.9 Å². The Labute approximate surface area is 131 Å². The van der Waals surface area contributed by atoms with Crippen LogP contribution in [-0.2, 0) is 10.0 Å². The first-order valence-corrected chi connectivity index (χ1v) is 8.04. The minimum absolute atomic E-state index is 0.0809. The van der Waals surface area contributed by atoms with Crippen LogP contribution in [-0.4, -0.2) is 24.4 Å². The monoisotopic (exact) mass is 332 g/mol. The van der Waals surface area contributed by atoms with Crippen molar-refractivity contribution in [1.29, 1.82) is 0 Å². The van der Waals surface area contributed by atoms with Crippen molar-refractivity contribution in [2.24, 2.45) is 0 Å². The number of benzene rings is 2. The van der Waals surface area contributed by atoms with Gasteiger partial charge in [0.15, 0.2) is 5.75 Å². The van der Waals surface area contributed by atoms with Gasteiger partial charge < -0.3 is 4.74 Å². The molecular formula is C15H12N2O5S. The average molecular weight is 332 g/mol. The SMILES string of the molecule is COc1ccc2c(ccn2S(=O)(=O)c2ccccc2)c1[N+](=O)[O-]. The fraction of sp³-hybridized carbons (Fsp3) is 0.0667. The number of nitro benzene ring substituents is 1. The van der Waals surface area contributed by atoms with Gasteiger partial charge in [0.25, 0.3) is 10.0 Å². The first kappa shape index (κ1) is 15.0. The van der Waals surface area contributed by atoms with E-state index in [1.807, 2.05) is 0 Å². The first-order chi connectivity index (χ1) is 11.0. The van der Waals surface area contributed by atoms with Crippen LogP contribution in [0.4, 0.5) is 5.69 Å². The van der Waals surface area contributed by atoms with Crippen molar-refractivity contribution in [1.82, 2.24) is 3.97 Å². The summed E-state index contributed by atoms with van der Waals surface area (Å²) in [6, 6.07) is 12.2.